The van der Waals surface area contributed by atoms with Crippen molar-refractivity contribution in [3.8, 4) is 5.75 Å². The molecule has 0 aromatic heterocycles. The quantitative estimate of drug-likeness (QED) is 0.423. The molecule has 0 spiro atoms. The van der Waals surface area contributed by atoms with E-state index in [0.717, 1.165) is 29.8 Å². The maximum absolute atomic E-state index is 12.3. The van der Waals surface area contributed by atoms with Crippen LogP contribution in [0.25, 0.3) is 0 Å². The van der Waals surface area contributed by atoms with E-state index >= 15 is 0 Å². The summed E-state index contributed by atoms with van der Waals surface area (Å²) in [4.78, 5) is 12.3. The van der Waals surface area contributed by atoms with Crippen LogP contribution in [0.1, 0.15) is 27.9 Å². The van der Waals surface area contributed by atoms with Crippen molar-refractivity contribution >= 4 is 28.9 Å². The molecule has 0 atom stereocenters. The highest BCUT2D eigenvalue weighted by molar-refractivity contribution is 7.80. The van der Waals surface area contributed by atoms with Crippen LogP contribution in [0.2, 0.25) is 0 Å². The summed E-state index contributed by atoms with van der Waals surface area (Å²) < 4.78 is 5.84. The second-order valence-electron chi connectivity index (χ2n) is 6.74. The SMILES string of the molecule is Cc1ccc(C(=O)NC(=S)Nc2cccc(OCCCc3ccccc3)c2)cc1. The van der Waals surface area contributed by atoms with E-state index < -0.39 is 0 Å². The minimum absolute atomic E-state index is 0.240. The van der Waals surface area contributed by atoms with E-state index in [-0.39, 0.29) is 11.0 Å². The van der Waals surface area contributed by atoms with Gasteiger partial charge in [0.2, 0.25) is 0 Å². The minimum atomic E-state index is -0.240. The first-order chi connectivity index (χ1) is 14.1. The first-order valence-electron chi connectivity index (χ1n) is 9.56. The number of anilines is 1. The maximum atomic E-state index is 12.3. The zero-order chi connectivity index (χ0) is 20.5. The lowest BCUT2D eigenvalue weighted by atomic mass is 10.1. The van der Waals surface area contributed by atoms with Crippen molar-refractivity contribution in [2.75, 3.05) is 11.9 Å². The highest BCUT2D eigenvalue weighted by Gasteiger charge is 2.08. The van der Waals surface area contributed by atoms with E-state index in [2.05, 4.69) is 22.8 Å². The Labute approximate surface area is 176 Å². The van der Waals surface area contributed by atoms with Crippen molar-refractivity contribution in [1.82, 2.24) is 5.32 Å². The second kappa shape index (κ2) is 10.4. The van der Waals surface area contributed by atoms with Crippen LogP contribution in [-0.4, -0.2) is 17.6 Å². The average molecular weight is 405 g/mol. The van der Waals surface area contributed by atoms with Crippen LogP contribution >= 0.6 is 12.2 Å². The fraction of sp³-hybridized carbons (Fsp3) is 0.167. The number of benzene rings is 3. The Kier molecular flexibility index (Phi) is 7.36. The summed E-state index contributed by atoms with van der Waals surface area (Å²) in [5.74, 6) is 0.520. The Balaban J connectivity index is 1.46. The predicted octanol–water partition coefficient (Wildman–Crippen LogP) is 5.13. The van der Waals surface area contributed by atoms with Crippen LogP contribution in [0.5, 0.6) is 5.75 Å². The molecule has 0 radical (unpaired) electrons. The van der Waals surface area contributed by atoms with Crippen LogP contribution in [0, 0.1) is 6.92 Å². The van der Waals surface area contributed by atoms with Crippen LogP contribution in [0.4, 0.5) is 5.69 Å². The topological polar surface area (TPSA) is 50.4 Å². The lowest BCUT2D eigenvalue weighted by Crippen LogP contribution is -2.34. The van der Waals surface area contributed by atoms with Gasteiger partial charge in [0, 0.05) is 17.3 Å². The Hall–Kier alpha value is -3.18. The third-order valence-electron chi connectivity index (χ3n) is 4.35. The van der Waals surface area contributed by atoms with Gasteiger partial charge < -0.3 is 10.1 Å². The Morgan fingerprint density at radius 3 is 2.48 bits per heavy atom. The molecule has 3 aromatic rings. The molecule has 0 fully saturated rings. The van der Waals surface area contributed by atoms with Gasteiger partial charge in [0.25, 0.3) is 5.91 Å². The second-order valence-corrected chi connectivity index (χ2v) is 7.15. The Morgan fingerprint density at radius 1 is 0.966 bits per heavy atom. The molecule has 0 unspecified atom stereocenters. The zero-order valence-corrected chi connectivity index (χ0v) is 17.2. The molecule has 0 aliphatic heterocycles. The summed E-state index contributed by atoms with van der Waals surface area (Å²) >= 11 is 5.26. The molecular formula is C24H24N2O2S. The van der Waals surface area contributed by atoms with Gasteiger partial charge in [0.05, 0.1) is 6.61 Å². The number of carbonyl (C=O) groups is 1. The number of nitrogens with one attached hydrogen (secondary N) is 2. The maximum Gasteiger partial charge on any atom is 0.257 e. The molecule has 0 saturated carbocycles. The average Bonchev–Trinajstić information content (AvgIpc) is 2.72. The molecule has 2 N–H and O–H groups in total. The number of hydrogen-bond donors (Lipinski definition) is 2. The zero-order valence-electron chi connectivity index (χ0n) is 16.4. The molecule has 0 aliphatic carbocycles. The van der Waals surface area contributed by atoms with E-state index in [0.29, 0.717) is 12.2 Å². The predicted molar refractivity (Wildman–Crippen MR) is 122 cm³/mol. The van der Waals surface area contributed by atoms with Crippen molar-refractivity contribution in [1.29, 1.82) is 0 Å². The molecule has 0 saturated heterocycles. The molecule has 0 bridgehead atoms. The summed E-state index contributed by atoms with van der Waals surface area (Å²) in [5.41, 5.74) is 3.74. The van der Waals surface area contributed by atoms with Gasteiger partial charge in [-0.25, -0.2) is 0 Å². The van der Waals surface area contributed by atoms with Crippen molar-refractivity contribution in [3.05, 3.63) is 95.6 Å². The summed E-state index contributed by atoms with van der Waals surface area (Å²) in [5, 5.41) is 5.97. The van der Waals surface area contributed by atoms with Gasteiger partial charge in [0.1, 0.15) is 5.75 Å². The highest BCUT2D eigenvalue weighted by atomic mass is 32.1. The van der Waals surface area contributed by atoms with E-state index in [1.54, 1.807) is 12.1 Å². The molecule has 5 heteroatoms. The Bertz CT molecular complexity index is 956. The van der Waals surface area contributed by atoms with Gasteiger partial charge in [-0.1, -0.05) is 54.1 Å². The summed E-state index contributed by atoms with van der Waals surface area (Å²) in [6.45, 7) is 2.61. The van der Waals surface area contributed by atoms with E-state index in [9.17, 15) is 4.79 Å². The minimum Gasteiger partial charge on any atom is -0.494 e. The first kappa shape index (κ1) is 20.6. The molecular weight excluding hydrogens is 380 g/mol. The number of ether oxygens (including phenoxy) is 1. The third kappa shape index (κ3) is 6.73. The smallest absolute Gasteiger partial charge is 0.257 e. The molecule has 0 heterocycles. The number of aryl methyl sites for hydroxylation is 2. The fourth-order valence-corrected chi connectivity index (χ4v) is 3.03. The highest BCUT2D eigenvalue weighted by Crippen LogP contribution is 2.18. The first-order valence-corrected chi connectivity index (χ1v) is 9.97. The van der Waals surface area contributed by atoms with E-state index in [1.807, 2.05) is 61.5 Å². The van der Waals surface area contributed by atoms with Gasteiger partial charge >= 0.3 is 0 Å². The van der Waals surface area contributed by atoms with Gasteiger partial charge in [0.15, 0.2) is 5.11 Å². The van der Waals surface area contributed by atoms with E-state index in [1.165, 1.54) is 5.56 Å². The number of carbonyl (C=O) groups excluding carboxylic acids is 1. The molecule has 29 heavy (non-hydrogen) atoms. The number of rotatable bonds is 7. The van der Waals surface area contributed by atoms with Gasteiger partial charge in [-0.3, -0.25) is 10.1 Å². The monoisotopic (exact) mass is 404 g/mol. The fourth-order valence-electron chi connectivity index (χ4n) is 2.82. The van der Waals surface area contributed by atoms with Crippen LogP contribution < -0.4 is 15.4 Å². The van der Waals surface area contributed by atoms with Crippen molar-refractivity contribution in [2.45, 2.75) is 19.8 Å². The van der Waals surface area contributed by atoms with E-state index in [4.69, 9.17) is 17.0 Å². The molecule has 3 aromatic carbocycles. The standard InChI is InChI=1S/C24H24N2O2S/c1-18-12-14-20(15-13-18)23(27)26-24(29)25-21-10-5-11-22(17-21)28-16-6-9-19-7-3-2-4-8-19/h2-5,7-8,10-15,17H,6,9,16H2,1H3,(H2,25,26,27,29). The Morgan fingerprint density at radius 2 is 1.72 bits per heavy atom. The number of amides is 1. The largest absolute Gasteiger partial charge is 0.494 e. The third-order valence-corrected chi connectivity index (χ3v) is 4.56. The van der Waals surface area contributed by atoms with Gasteiger partial charge in [-0.2, -0.15) is 0 Å². The van der Waals surface area contributed by atoms with Gasteiger partial charge in [-0.05, 0) is 61.8 Å². The van der Waals surface area contributed by atoms with Crippen molar-refractivity contribution < 1.29 is 9.53 Å². The van der Waals surface area contributed by atoms with Gasteiger partial charge in [-0.15, -0.1) is 0 Å². The number of hydrogen-bond acceptors (Lipinski definition) is 3. The molecule has 1 amide bonds. The molecule has 4 nitrogen and oxygen atoms in total. The molecule has 3 rings (SSSR count). The van der Waals surface area contributed by atoms with Crippen molar-refractivity contribution in [2.24, 2.45) is 0 Å². The summed E-state index contributed by atoms with van der Waals surface area (Å²) in [7, 11) is 0. The van der Waals surface area contributed by atoms with Crippen molar-refractivity contribution in [3.63, 3.8) is 0 Å². The normalized spacial score (nSPS) is 10.2. The van der Waals surface area contributed by atoms with Crippen LogP contribution in [0.15, 0.2) is 78.9 Å². The lowest BCUT2D eigenvalue weighted by molar-refractivity contribution is 0.0977. The summed E-state index contributed by atoms with van der Waals surface area (Å²) in [6.07, 6.45) is 1.92. The van der Waals surface area contributed by atoms with Crippen LogP contribution in [0.3, 0.4) is 0 Å². The lowest BCUT2D eigenvalue weighted by Gasteiger charge is -2.12. The molecule has 148 valence electrons. The number of thiocarbonyl (C=S) groups is 1. The van der Waals surface area contributed by atoms with Crippen LogP contribution in [-0.2, 0) is 6.42 Å². The molecule has 0 aliphatic rings. The summed E-state index contributed by atoms with van der Waals surface area (Å²) in [6, 6.07) is 25.2.